The second kappa shape index (κ2) is 9.38. The van der Waals surface area contributed by atoms with Crippen molar-refractivity contribution in [2.75, 3.05) is 13.1 Å². The van der Waals surface area contributed by atoms with Crippen molar-refractivity contribution < 1.29 is 14.7 Å². The minimum Gasteiger partial charge on any atom is -0.393 e. The molecule has 0 radical (unpaired) electrons. The number of amides is 1. The van der Waals surface area contributed by atoms with Crippen LogP contribution >= 0.6 is 0 Å². The van der Waals surface area contributed by atoms with E-state index in [9.17, 15) is 9.90 Å². The van der Waals surface area contributed by atoms with Crippen LogP contribution in [-0.2, 0) is 4.84 Å². The Morgan fingerprint density at radius 3 is 2.59 bits per heavy atom. The predicted octanol–water partition coefficient (Wildman–Crippen LogP) is 5.11. The van der Waals surface area contributed by atoms with E-state index in [0.29, 0.717) is 35.8 Å². The average Bonchev–Trinajstić information content (AvgIpc) is 3.38. The van der Waals surface area contributed by atoms with E-state index in [4.69, 9.17) is 4.84 Å². The fourth-order valence-corrected chi connectivity index (χ4v) is 9.50. The summed E-state index contributed by atoms with van der Waals surface area (Å²) in [5.74, 6) is 4.04. The van der Waals surface area contributed by atoms with Crippen LogP contribution in [0, 0.1) is 46.3 Å². The van der Waals surface area contributed by atoms with Crippen LogP contribution < -0.4 is 10.6 Å². The number of carbonyl (C=O) groups is 1. The molecule has 1 aliphatic heterocycles. The lowest BCUT2D eigenvalue weighted by atomic mass is 9.44. The Morgan fingerprint density at radius 2 is 1.82 bits per heavy atom. The minimum atomic E-state index is -0.436. The molecule has 0 aromatic carbocycles. The minimum absolute atomic E-state index is 0.0757. The number of oxime groups is 1. The third-order valence-corrected chi connectivity index (χ3v) is 11.6. The van der Waals surface area contributed by atoms with Gasteiger partial charge in [0, 0.05) is 18.5 Å². The summed E-state index contributed by atoms with van der Waals surface area (Å²) in [5, 5.41) is 21.0. The smallest absolute Gasteiger partial charge is 0.393 e. The zero-order valence-corrected chi connectivity index (χ0v) is 21.8. The molecule has 1 saturated heterocycles. The maximum Gasteiger partial charge on any atom is 0.433 e. The van der Waals surface area contributed by atoms with E-state index in [1.54, 1.807) is 0 Å². The summed E-state index contributed by atoms with van der Waals surface area (Å²) in [6.45, 7) is 10.9. The van der Waals surface area contributed by atoms with Crippen LogP contribution in [0.3, 0.4) is 0 Å². The zero-order valence-electron chi connectivity index (χ0n) is 21.8. The Kier molecular flexibility index (Phi) is 6.78. The molecule has 34 heavy (non-hydrogen) atoms. The number of rotatable bonds is 4. The summed E-state index contributed by atoms with van der Waals surface area (Å²) in [4.78, 5) is 17.6. The number of hydrogen-bond acceptors (Lipinski definition) is 5. The van der Waals surface area contributed by atoms with Gasteiger partial charge in [-0.2, -0.15) is 0 Å². The van der Waals surface area contributed by atoms with E-state index in [1.807, 2.05) is 0 Å². The molecule has 3 N–H and O–H groups in total. The average molecular weight is 474 g/mol. The van der Waals surface area contributed by atoms with Gasteiger partial charge in [0.2, 0.25) is 0 Å². The fourth-order valence-electron chi connectivity index (χ4n) is 9.50. The number of hydrogen-bond donors (Lipinski definition) is 3. The summed E-state index contributed by atoms with van der Waals surface area (Å²) in [6, 6.07) is 0.326. The van der Waals surface area contributed by atoms with E-state index in [0.717, 1.165) is 55.7 Å². The van der Waals surface area contributed by atoms with E-state index in [-0.39, 0.29) is 11.5 Å². The van der Waals surface area contributed by atoms with E-state index in [2.05, 4.69) is 43.5 Å². The highest BCUT2D eigenvalue weighted by molar-refractivity contribution is 5.85. The summed E-state index contributed by atoms with van der Waals surface area (Å²) in [5.41, 5.74) is 1.67. The van der Waals surface area contributed by atoms with Crippen LogP contribution in [0.4, 0.5) is 4.79 Å². The molecule has 1 heterocycles. The van der Waals surface area contributed by atoms with Gasteiger partial charge in [-0.15, -0.1) is 0 Å². The molecule has 6 heteroatoms. The van der Waals surface area contributed by atoms with Crippen molar-refractivity contribution in [3.63, 3.8) is 0 Å². The maximum atomic E-state index is 12.3. The van der Waals surface area contributed by atoms with Gasteiger partial charge in [-0.1, -0.05) is 25.9 Å². The van der Waals surface area contributed by atoms with Gasteiger partial charge in [0.25, 0.3) is 0 Å². The Bertz CT molecular complexity index is 802. The first kappa shape index (κ1) is 24.5. The summed E-state index contributed by atoms with van der Waals surface area (Å²) < 4.78 is 0. The highest BCUT2D eigenvalue weighted by Crippen LogP contribution is 2.67. The van der Waals surface area contributed by atoms with Crippen molar-refractivity contribution in [2.24, 2.45) is 51.5 Å². The zero-order chi connectivity index (χ0) is 24.1. The first-order valence-electron chi connectivity index (χ1n) is 14.1. The number of aliphatic hydroxyl groups excluding tert-OH is 1. The number of aliphatic hydroxyl groups is 1. The van der Waals surface area contributed by atoms with Crippen LogP contribution in [0.25, 0.3) is 0 Å². The Balaban J connectivity index is 1.21. The highest BCUT2D eigenvalue weighted by Gasteiger charge is 2.60. The summed E-state index contributed by atoms with van der Waals surface area (Å²) >= 11 is 0. The molecule has 5 aliphatic rings. The molecular formula is C28H47N3O3. The van der Waals surface area contributed by atoms with Crippen molar-refractivity contribution in [1.29, 1.82) is 0 Å². The number of nitrogens with zero attached hydrogens (tertiary/aromatic N) is 1. The lowest BCUT2D eigenvalue weighted by Crippen LogP contribution is -2.54. The van der Waals surface area contributed by atoms with Crippen LogP contribution in [0.15, 0.2) is 5.16 Å². The quantitative estimate of drug-likeness (QED) is 0.301. The third-order valence-electron chi connectivity index (χ3n) is 11.6. The lowest BCUT2D eigenvalue weighted by molar-refractivity contribution is -0.123. The summed E-state index contributed by atoms with van der Waals surface area (Å²) in [6.07, 6.45) is 11.5. The molecule has 0 aromatic rings. The van der Waals surface area contributed by atoms with Gasteiger partial charge in [0.05, 0.1) is 11.8 Å². The Hall–Kier alpha value is -1.14. The van der Waals surface area contributed by atoms with Gasteiger partial charge in [-0.25, -0.2) is 4.79 Å². The largest absolute Gasteiger partial charge is 0.433 e. The SMILES string of the molecule is C/C(=N\OC(=O)NCC1NCCC1C)[C@H]1CC[C@H]2[C@@H]3CC[C@H]4C[C@H](O)CC[C@]4(C)[C@H]3CC[C@]12C. The normalized spacial score (nSPS) is 48.6. The maximum absolute atomic E-state index is 12.3. The molecule has 0 aromatic heterocycles. The van der Waals surface area contributed by atoms with Crippen molar-refractivity contribution in [3.05, 3.63) is 0 Å². The standard InChI is InChI=1S/C28H47N3O3/c1-17-11-14-29-25(17)16-30-26(33)34-31-18(2)22-7-8-23-21-6-5-19-15-20(32)9-12-27(19,3)24(21)10-13-28(22,23)4/h17,19-25,29,32H,5-16H2,1-4H3,(H,30,33)/b31-18+/t17?,19-,20+,21-,22+,23-,24-,25?,27-,28+/m0/s1. The monoisotopic (exact) mass is 473 g/mol. The fraction of sp³-hybridized carbons (Fsp3) is 0.929. The lowest BCUT2D eigenvalue weighted by Gasteiger charge is -2.61. The topological polar surface area (TPSA) is 83.0 Å². The molecule has 10 atom stereocenters. The molecule has 2 unspecified atom stereocenters. The van der Waals surface area contributed by atoms with Crippen LogP contribution in [0.1, 0.15) is 91.9 Å². The molecule has 192 valence electrons. The molecular weight excluding hydrogens is 426 g/mol. The molecule has 0 bridgehead atoms. The molecule has 0 spiro atoms. The second-order valence-corrected chi connectivity index (χ2v) is 13.1. The van der Waals surface area contributed by atoms with Crippen LogP contribution in [0.2, 0.25) is 0 Å². The van der Waals surface area contributed by atoms with Crippen LogP contribution in [-0.4, -0.2) is 42.1 Å². The van der Waals surface area contributed by atoms with Crippen LogP contribution in [0.5, 0.6) is 0 Å². The Morgan fingerprint density at radius 1 is 1.06 bits per heavy atom. The van der Waals surface area contributed by atoms with Crippen molar-refractivity contribution in [2.45, 2.75) is 104 Å². The van der Waals surface area contributed by atoms with E-state index >= 15 is 0 Å². The van der Waals surface area contributed by atoms with Crippen molar-refractivity contribution in [3.8, 4) is 0 Å². The van der Waals surface area contributed by atoms with Gasteiger partial charge in [-0.3, -0.25) is 4.84 Å². The molecule has 4 aliphatic carbocycles. The van der Waals surface area contributed by atoms with Crippen molar-refractivity contribution >= 4 is 11.8 Å². The Labute approximate surface area is 206 Å². The summed E-state index contributed by atoms with van der Waals surface area (Å²) in [7, 11) is 0. The number of carbonyl (C=O) groups excluding carboxylic acids is 1. The molecule has 4 saturated carbocycles. The molecule has 6 nitrogen and oxygen atoms in total. The predicted molar refractivity (Wildman–Crippen MR) is 134 cm³/mol. The first-order chi connectivity index (χ1) is 16.2. The van der Waals surface area contributed by atoms with Gasteiger partial charge < -0.3 is 15.7 Å². The molecule has 1 amide bonds. The first-order valence-corrected chi connectivity index (χ1v) is 14.1. The van der Waals surface area contributed by atoms with Gasteiger partial charge in [0.1, 0.15) is 0 Å². The third kappa shape index (κ3) is 4.21. The molecule has 5 fully saturated rings. The van der Waals surface area contributed by atoms with E-state index in [1.165, 1.54) is 38.5 Å². The van der Waals surface area contributed by atoms with Gasteiger partial charge in [0.15, 0.2) is 0 Å². The molecule has 5 rings (SSSR count). The highest BCUT2D eigenvalue weighted by atomic mass is 16.7. The number of fused-ring (bicyclic) bond motifs is 5. The van der Waals surface area contributed by atoms with Crippen molar-refractivity contribution in [1.82, 2.24) is 10.6 Å². The van der Waals surface area contributed by atoms with Gasteiger partial charge >= 0.3 is 6.09 Å². The van der Waals surface area contributed by atoms with E-state index < -0.39 is 6.09 Å². The number of nitrogens with one attached hydrogen (secondary N) is 2. The van der Waals surface area contributed by atoms with Gasteiger partial charge in [-0.05, 0) is 118 Å². The second-order valence-electron chi connectivity index (χ2n) is 13.1.